The molecular formula is C15H8Cl2FNO. The van der Waals surface area contributed by atoms with E-state index < -0.39 is 5.82 Å². The van der Waals surface area contributed by atoms with E-state index in [2.05, 4.69) is 5.32 Å². The molecule has 3 rings (SSSR count). The molecule has 1 N–H and O–H groups in total. The maximum atomic E-state index is 13.3. The van der Waals surface area contributed by atoms with Crippen LogP contribution in [-0.4, -0.2) is 5.91 Å². The van der Waals surface area contributed by atoms with E-state index >= 15 is 0 Å². The number of hydrogen-bond donors (Lipinski definition) is 1. The molecule has 0 aliphatic carbocycles. The summed E-state index contributed by atoms with van der Waals surface area (Å²) in [6.07, 6.45) is 1.57. The third kappa shape index (κ3) is 2.19. The van der Waals surface area contributed by atoms with Crippen molar-refractivity contribution in [1.82, 2.24) is 0 Å². The number of halogens is 3. The van der Waals surface area contributed by atoms with Crippen molar-refractivity contribution in [3.63, 3.8) is 0 Å². The van der Waals surface area contributed by atoms with Gasteiger partial charge in [0.15, 0.2) is 0 Å². The second kappa shape index (κ2) is 4.93. The highest BCUT2D eigenvalue weighted by Crippen LogP contribution is 2.36. The fourth-order valence-corrected chi connectivity index (χ4v) is 2.60. The first-order valence-electron chi connectivity index (χ1n) is 5.83. The van der Waals surface area contributed by atoms with Gasteiger partial charge in [-0.05, 0) is 36.4 Å². The van der Waals surface area contributed by atoms with Crippen LogP contribution in [0.3, 0.4) is 0 Å². The number of benzene rings is 2. The third-order valence-corrected chi connectivity index (χ3v) is 3.71. The van der Waals surface area contributed by atoms with Crippen LogP contribution in [0.15, 0.2) is 36.4 Å². The van der Waals surface area contributed by atoms with Gasteiger partial charge in [0, 0.05) is 32.4 Å². The Bertz CT molecular complexity index is 735. The molecular weight excluding hydrogens is 300 g/mol. The Morgan fingerprint density at radius 2 is 1.80 bits per heavy atom. The van der Waals surface area contributed by atoms with Gasteiger partial charge in [-0.1, -0.05) is 29.3 Å². The number of carbonyl (C=O) groups is 1. The van der Waals surface area contributed by atoms with Gasteiger partial charge in [-0.2, -0.15) is 0 Å². The molecule has 0 fully saturated rings. The molecule has 1 aliphatic rings. The van der Waals surface area contributed by atoms with Gasteiger partial charge in [0.25, 0.3) is 5.91 Å². The van der Waals surface area contributed by atoms with Crippen LogP contribution in [0.4, 0.5) is 10.1 Å². The first-order valence-corrected chi connectivity index (χ1v) is 6.59. The minimum absolute atomic E-state index is 0.304. The molecule has 5 heteroatoms. The number of rotatable bonds is 1. The summed E-state index contributed by atoms with van der Waals surface area (Å²) in [5.74, 6) is -0.710. The summed E-state index contributed by atoms with van der Waals surface area (Å²) in [5.41, 5.74) is 1.96. The smallest absolute Gasteiger partial charge is 0.256 e. The Morgan fingerprint density at radius 3 is 2.50 bits per heavy atom. The van der Waals surface area contributed by atoms with Crippen LogP contribution in [-0.2, 0) is 4.79 Å². The molecule has 2 nitrogen and oxygen atoms in total. The van der Waals surface area contributed by atoms with Gasteiger partial charge in [0.2, 0.25) is 0 Å². The summed E-state index contributed by atoms with van der Waals surface area (Å²) in [4.78, 5) is 12.0. The van der Waals surface area contributed by atoms with Crippen molar-refractivity contribution in [2.24, 2.45) is 0 Å². The summed E-state index contributed by atoms with van der Waals surface area (Å²) < 4.78 is 13.3. The number of fused-ring (bicyclic) bond motifs is 1. The molecule has 1 amide bonds. The Balaban J connectivity index is 2.18. The lowest BCUT2D eigenvalue weighted by atomic mass is 10.0. The average molecular weight is 308 g/mol. The summed E-state index contributed by atoms with van der Waals surface area (Å²) in [5, 5.41) is 3.54. The van der Waals surface area contributed by atoms with E-state index in [9.17, 15) is 9.18 Å². The average Bonchev–Trinajstić information content (AvgIpc) is 2.70. The van der Waals surface area contributed by atoms with Gasteiger partial charge < -0.3 is 5.32 Å². The zero-order chi connectivity index (χ0) is 14.3. The van der Waals surface area contributed by atoms with Crippen LogP contribution >= 0.6 is 23.2 Å². The van der Waals surface area contributed by atoms with Crippen LogP contribution in [0.1, 0.15) is 11.1 Å². The van der Waals surface area contributed by atoms with Crippen molar-refractivity contribution < 1.29 is 9.18 Å². The third-order valence-electron chi connectivity index (χ3n) is 3.05. The Labute approximate surface area is 124 Å². The Hall–Kier alpha value is -1.84. The normalized spacial score (nSPS) is 15.3. The molecule has 0 saturated heterocycles. The predicted octanol–water partition coefficient (Wildman–Crippen LogP) is 4.63. The Kier molecular flexibility index (Phi) is 3.24. The van der Waals surface area contributed by atoms with Gasteiger partial charge in [-0.15, -0.1) is 0 Å². The minimum atomic E-state index is -0.406. The van der Waals surface area contributed by atoms with Crippen LogP contribution in [0.5, 0.6) is 0 Å². The van der Waals surface area contributed by atoms with E-state index in [-0.39, 0.29) is 5.91 Å². The van der Waals surface area contributed by atoms with Gasteiger partial charge in [0.05, 0.1) is 0 Å². The van der Waals surface area contributed by atoms with E-state index in [1.807, 2.05) is 0 Å². The van der Waals surface area contributed by atoms with E-state index in [1.54, 1.807) is 24.3 Å². The molecule has 2 aromatic rings. The maximum absolute atomic E-state index is 13.3. The second-order valence-corrected chi connectivity index (χ2v) is 5.15. The van der Waals surface area contributed by atoms with E-state index in [0.717, 1.165) is 0 Å². The first kappa shape index (κ1) is 13.2. The van der Waals surface area contributed by atoms with Crippen molar-refractivity contribution >= 4 is 46.4 Å². The number of carbonyl (C=O) groups excluding carboxylic acids is 1. The monoisotopic (exact) mass is 307 g/mol. The molecule has 0 spiro atoms. The van der Waals surface area contributed by atoms with Crippen molar-refractivity contribution in [1.29, 1.82) is 0 Å². The molecule has 100 valence electrons. The van der Waals surface area contributed by atoms with Crippen LogP contribution in [0.25, 0.3) is 11.6 Å². The van der Waals surface area contributed by atoms with Gasteiger partial charge in [-0.25, -0.2) is 4.39 Å². The highest BCUT2D eigenvalue weighted by Gasteiger charge is 2.25. The molecule has 0 aromatic heterocycles. The topological polar surface area (TPSA) is 29.1 Å². The molecule has 1 aliphatic heterocycles. The number of amides is 1. The molecule has 20 heavy (non-hydrogen) atoms. The lowest BCUT2D eigenvalue weighted by molar-refractivity contribution is -0.110. The first-order chi connectivity index (χ1) is 9.56. The fraction of sp³-hybridized carbons (Fsp3) is 0. The zero-order valence-corrected chi connectivity index (χ0v) is 11.6. The highest BCUT2D eigenvalue weighted by molar-refractivity contribution is 6.40. The van der Waals surface area contributed by atoms with Crippen LogP contribution < -0.4 is 5.32 Å². The van der Waals surface area contributed by atoms with Gasteiger partial charge >= 0.3 is 0 Å². The molecule has 1 heterocycles. The van der Waals surface area contributed by atoms with Gasteiger partial charge in [0.1, 0.15) is 5.82 Å². The maximum Gasteiger partial charge on any atom is 0.256 e. The van der Waals surface area contributed by atoms with Crippen molar-refractivity contribution in [3.05, 3.63) is 63.4 Å². The fourth-order valence-electron chi connectivity index (χ4n) is 2.10. The molecule has 2 aromatic carbocycles. The lowest BCUT2D eigenvalue weighted by Crippen LogP contribution is -2.03. The highest BCUT2D eigenvalue weighted by atomic mass is 35.5. The SMILES string of the molecule is O=C1Nc2ccc(F)cc2/C1=C/c1c(Cl)cccc1Cl. The van der Waals surface area contributed by atoms with Crippen molar-refractivity contribution in [2.75, 3.05) is 5.32 Å². The van der Waals surface area contributed by atoms with Crippen LogP contribution in [0.2, 0.25) is 10.0 Å². The molecule has 0 bridgehead atoms. The summed E-state index contributed by atoms with van der Waals surface area (Å²) in [6, 6.07) is 9.21. The summed E-state index contributed by atoms with van der Waals surface area (Å²) in [6.45, 7) is 0. The zero-order valence-electron chi connectivity index (χ0n) is 10.1. The number of nitrogens with one attached hydrogen (secondary N) is 1. The predicted molar refractivity (Wildman–Crippen MR) is 79.4 cm³/mol. The summed E-state index contributed by atoms with van der Waals surface area (Å²) >= 11 is 12.2. The van der Waals surface area contributed by atoms with E-state index in [0.29, 0.717) is 32.4 Å². The van der Waals surface area contributed by atoms with E-state index in [4.69, 9.17) is 23.2 Å². The molecule has 0 saturated carbocycles. The molecule has 0 atom stereocenters. The van der Waals surface area contributed by atoms with Crippen LogP contribution in [0, 0.1) is 5.82 Å². The van der Waals surface area contributed by atoms with E-state index in [1.165, 1.54) is 18.2 Å². The van der Waals surface area contributed by atoms with Crippen molar-refractivity contribution in [2.45, 2.75) is 0 Å². The quantitative estimate of drug-likeness (QED) is 0.765. The standard InChI is InChI=1S/C15H8Cl2FNO/c16-12-2-1-3-13(17)11(12)7-10-9-6-8(18)4-5-14(9)19-15(10)20/h1-7H,(H,19,20)/b10-7-. The largest absolute Gasteiger partial charge is 0.321 e. The minimum Gasteiger partial charge on any atom is -0.321 e. The van der Waals surface area contributed by atoms with Gasteiger partial charge in [-0.3, -0.25) is 4.79 Å². The molecule has 0 radical (unpaired) electrons. The molecule has 0 unspecified atom stereocenters. The number of anilines is 1. The van der Waals surface area contributed by atoms with Crippen molar-refractivity contribution in [3.8, 4) is 0 Å². The second-order valence-electron chi connectivity index (χ2n) is 4.34. The summed E-state index contributed by atoms with van der Waals surface area (Å²) in [7, 11) is 0. The lowest BCUT2D eigenvalue weighted by Gasteiger charge is -2.03. The number of hydrogen-bond acceptors (Lipinski definition) is 1. The Morgan fingerprint density at radius 1 is 1.10 bits per heavy atom.